The number of aliphatic carboxylic acids is 1. The molecule has 0 saturated heterocycles. The maximum atomic E-state index is 12.2. The van der Waals surface area contributed by atoms with E-state index >= 15 is 0 Å². The topological polar surface area (TPSA) is 66.8 Å². The van der Waals surface area contributed by atoms with Crippen LogP contribution in [0.15, 0.2) is 48.5 Å². The second-order valence-electron chi connectivity index (χ2n) is 6.42. The average Bonchev–Trinajstić information content (AvgIpc) is 2.93. The van der Waals surface area contributed by atoms with E-state index in [9.17, 15) is 9.59 Å². The fourth-order valence-corrected chi connectivity index (χ4v) is 3.27. The number of rotatable bonds is 5. The second-order valence-corrected chi connectivity index (χ2v) is 6.42. The molecule has 0 radical (unpaired) electrons. The molecule has 0 spiro atoms. The van der Waals surface area contributed by atoms with Crippen molar-refractivity contribution >= 4 is 12.1 Å². The summed E-state index contributed by atoms with van der Waals surface area (Å²) < 4.78 is 5.48. The van der Waals surface area contributed by atoms with Crippen molar-refractivity contribution in [3.8, 4) is 11.1 Å². The highest BCUT2D eigenvalue weighted by atomic mass is 16.6. The molecule has 0 bridgehead atoms. The highest BCUT2D eigenvalue weighted by Gasteiger charge is 2.29. The molecule has 0 saturated carbocycles. The van der Waals surface area contributed by atoms with Crippen molar-refractivity contribution in [2.45, 2.75) is 12.8 Å². The van der Waals surface area contributed by atoms with Crippen LogP contribution in [0.25, 0.3) is 11.1 Å². The predicted octanol–water partition coefficient (Wildman–Crippen LogP) is 3.59. The van der Waals surface area contributed by atoms with Crippen LogP contribution in [-0.2, 0) is 9.53 Å². The predicted molar refractivity (Wildman–Crippen MR) is 94.5 cm³/mol. The van der Waals surface area contributed by atoms with Gasteiger partial charge in [0.1, 0.15) is 6.61 Å². The summed E-state index contributed by atoms with van der Waals surface area (Å²) in [5, 5.41) is 8.95. The highest BCUT2D eigenvalue weighted by Crippen LogP contribution is 2.44. The molecule has 1 aliphatic rings. The fourth-order valence-electron chi connectivity index (χ4n) is 3.27. The lowest BCUT2D eigenvalue weighted by atomic mass is 9.98. The van der Waals surface area contributed by atoms with Crippen molar-refractivity contribution in [2.75, 3.05) is 20.2 Å². The molecule has 0 fully saturated rings. The first-order valence-electron chi connectivity index (χ1n) is 8.28. The van der Waals surface area contributed by atoms with Crippen LogP contribution in [0.2, 0.25) is 0 Å². The molecule has 25 heavy (non-hydrogen) atoms. The molecule has 2 aromatic rings. The zero-order chi connectivity index (χ0) is 18.0. The van der Waals surface area contributed by atoms with Gasteiger partial charge in [0, 0.05) is 19.5 Å². The van der Waals surface area contributed by atoms with Crippen LogP contribution in [0.3, 0.4) is 0 Å². The molecule has 0 heterocycles. The van der Waals surface area contributed by atoms with Crippen LogP contribution in [0.1, 0.15) is 24.0 Å². The molecule has 5 heteroatoms. The van der Waals surface area contributed by atoms with Crippen LogP contribution in [0.4, 0.5) is 4.79 Å². The summed E-state index contributed by atoms with van der Waals surface area (Å²) in [6.45, 7) is 1.92. The first kappa shape index (κ1) is 17.0. The van der Waals surface area contributed by atoms with Gasteiger partial charge in [0.15, 0.2) is 0 Å². The molecule has 0 aliphatic heterocycles. The van der Waals surface area contributed by atoms with Gasteiger partial charge in [-0.1, -0.05) is 55.5 Å². The second kappa shape index (κ2) is 6.97. The van der Waals surface area contributed by atoms with Crippen LogP contribution in [0.5, 0.6) is 0 Å². The summed E-state index contributed by atoms with van der Waals surface area (Å²) in [5.41, 5.74) is 4.65. The van der Waals surface area contributed by atoms with Crippen LogP contribution in [-0.4, -0.2) is 42.3 Å². The molecule has 0 unspecified atom stereocenters. The van der Waals surface area contributed by atoms with Crippen LogP contribution >= 0.6 is 0 Å². The highest BCUT2D eigenvalue weighted by molar-refractivity contribution is 5.79. The largest absolute Gasteiger partial charge is 0.481 e. The molecule has 3 rings (SSSR count). The van der Waals surface area contributed by atoms with Crippen molar-refractivity contribution in [3.05, 3.63) is 59.7 Å². The lowest BCUT2D eigenvalue weighted by Crippen LogP contribution is -2.34. The Morgan fingerprint density at radius 2 is 1.60 bits per heavy atom. The number of carbonyl (C=O) groups is 2. The Hall–Kier alpha value is -2.82. The average molecular weight is 339 g/mol. The van der Waals surface area contributed by atoms with E-state index in [4.69, 9.17) is 9.84 Å². The number of carboxylic acids is 1. The smallest absolute Gasteiger partial charge is 0.409 e. The normalized spacial score (nSPS) is 13.7. The third-order valence-electron chi connectivity index (χ3n) is 4.62. The zero-order valence-electron chi connectivity index (χ0n) is 14.3. The van der Waals surface area contributed by atoms with Gasteiger partial charge in [-0.2, -0.15) is 0 Å². The van der Waals surface area contributed by atoms with Gasteiger partial charge >= 0.3 is 12.1 Å². The first-order valence-corrected chi connectivity index (χ1v) is 8.28. The van der Waals surface area contributed by atoms with E-state index < -0.39 is 18.0 Å². The maximum absolute atomic E-state index is 12.2. The van der Waals surface area contributed by atoms with E-state index in [1.165, 1.54) is 16.0 Å². The van der Waals surface area contributed by atoms with E-state index in [-0.39, 0.29) is 19.1 Å². The number of fused-ring (bicyclic) bond motifs is 3. The van der Waals surface area contributed by atoms with Gasteiger partial charge in [-0.3, -0.25) is 4.79 Å². The monoisotopic (exact) mass is 339 g/mol. The lowest BCUT2D eigenvalue weighted by Gasteiger charge is -2.21. The summed E-state index contributed by atoms with van der Waals surface area (Å²) >= 11 is 0. The number of carboxylic acid groups (broad SMARTS) is 1. The first-order chi connectivity index (χ1) is 12.0. The third kappa shape index (κ3) is 3.36. The van der Waals surface area contributed by atoms with Gasteiger partial charge in [-0.05, 0) is 22.3 Å². The molecular weight excluding hydrogens is 318 g/mol. The minimum atomic E-state index is -0.932. The SMILES string of the molecule is C[C@@H](CN(C)C(=O)OCC1c2ccccc2-c2ccccc21)C(=O)O. The maximum Gasteiger partial charge on any atom is 0.409 e. The van der Waals surface area contributed by atoms with Gasteiger partial charge in [0.05, 0.1) is 5.92 Å². The Morgan fingerprint density at radius 3 is 2.12 bits per heavy atom. The molecule has 2 aromatic carbocycles. The van der Waals surface area contributed by atoms with E-state index in [2.05, 4.69) is 24.3 Å². The summed E-state index contributed by atoms with van der Waals surface area (Å²) in [4.78, 5) is 24.4. The van der Waals surface area contributed by atoms with Crippen molar-refractivity contribution in [2.24, 2.45) is 5.92 Å². The van der Waals surface area contributed by atoms with Crippen LogP contribution < -0.4 is 0 Å². The molecule has 1 atom stereocenters. The molecule has 1 aliphatic carbocycles. The van der Waals surface area contributed by atoms with Gasteiger partial charge in [-0.25, -0.2) is 4.79 Å². The van der Waals surface area contributed by atoms with E-state index in [1.807, 2.05) is 24.3 Å². The Bertz CT molecular complexity index is 756. The Labute approximate surface area is 146 Å². The van der Waals surface area contributed by atoms with Gasteiger partial charge in [-0.15, -0.1) is 0 Å². The zero-order valence-corrected chi connectivity index (χ0v) is 14.3. The quantitative estimate of drug-likeness (QED) is 0.904. The Morgan fingerprint density at radius 1 is 1.08 bits per heavy atom. The Kier molecular flexibility index (Phi) is 4.74. The number of amides is 1. The van der Waals surface area contributed by atoms with Crippen molar-refractivity contribution in [1.82, 2.24) is 4.90 Å². The van der Waals surface area contributed by atoms with Gasteiger partial charge < -0.3 is 14.7 Å². The van der Waals surface area contributed by atoms with E-state index in [0.717, 1.165) is 11.1 Å². The lowest BCUT2D eigenvalue weighted by molar-refractivity contribution is -0.141. The molecule has 0 aromatic heterocycles. The molecule has 130 valence electrons. The molecule has 5 nitrogen and oxygen atoms in total. The number of benzene rings is 2. The number of hydrogen-bond acceptors (Lipinski definition) is 3. The van der Waals surface area contributed by atoms with Crippen molar-refractivity contribution < 1.29 is 19.4 Å². The minimum absolute atomic E-state index is 0.00153. The fraction of sp³-hybridized carbons (Fsp3) is 0.300. The third-order valence-corrected chi connectivity index (χ3v) is 4.62. The molecule has 1 N–H and O–H groups in total. The minimum Gasteiger partial charge on any atom is -0.481 e. The van der Waals surface area contributed by atoms with Gasteiger partial charge in [0.25, 0.3) is 0 Å². The summed E-state index contributed by atoms with van der Waals surface area (Å²) in [6, 6.07) is 16.3. The standard InChI is InChI=1S/C20H21NO4/c1-13(19(22)23)11-21(2)20(24)25-12-18-16-9-5-3-7-14(16)15-8-4-6-10-17(15)18/h3-10,13,18H,11-12H2,1-2H3,(H,22,23)/t13-/m0/s1. The van der Waals surface area contributed by atoms with Gasteiger partial charge in [0.2, 0.25) is 0 Å². The number of nitrogens with zero attached hydrogens (tertiary/aromatic N) is 1. The summed E-state index contributed by atoms with van der Waals surface area (Å²) in [6.07, 6.45) is -0.505. The number of carbonyl (C=O) groups excluding carboxylic acids is 1. The number of hydrogen-bond donors (Lipinski definition) is 1. The van der Waals surface area contributed by atoms with E-state index in [1.54, 1.807) is 14.0 Å². The van der Waals surface area contributed by atoms with Crippen molar-refractivity contribution in [1.29, 1.82) is 0 Å². The van der Waals surface area contributed by atoms with Crippen molar-refractivity contribution in [3.63, 3.8) is 0 Å². The number of ether oxygens (including phenoxy) is 1. The van der Waals surface area contributed by atoms with Crippen LogP contribution in [0, 0.1) is 5.92 Å². The molecule has 1 amide bonds. The summed E-state index contributed by atoms with van der Waals surface area (Å²) in [7, 11) is 1.55. The molecular formula is C20H21NO4. The summed E-state index contributed by atoms with van der Waals surface area (Å²) in [5.74, 6) is -1.56. The van der Waals surface area contributed by atoms with E-state index in [0.29, 0.717) is 0 Å². The Balaban J connectivity index is 1.71.